The Hall–Kier alpha value is -2.71. The predicted octanol–water partition coefficient (Wildman–Crippen LogP) is 2.13. The van der Waals surface area contributed by atoms with Gasteiger partial charge in [0, 0.05) is 30.2 Å². The van der Waals surface area contributed by atoms with Crippen LogP contribution in [0.2, 0.25) is 0 Å². The Morgan fingerprint density at radius 2 is 1.66 bits per heavy atom. The minimum atomic E-state index is -0.489. The third-order valence-electron chi connectivity index (χ3n) is 5.11. The number of carbonyl (C=O) groups excluding carboxylic acids is 2. The molecule has 1 unspecified atom stereocenters. The second kappa shape index (κ2) is 10.2. The lowest BCUT2D eigenvalue weighted by Crippen LogP contribution is -2.33. The van der Waals surface area contributed by atoms with Crippen LogP contribution >= 0.6 is 0 Å². The zero-order chi connectivity index (χ0) is 20.6. The van der Waals surface area contributed by atoms with E-state index in [-0.39, 0.29) is 11.8 Å². The first kappa shape index (κ1) is 21.0. The molecule has 1 aliphatic rings. The number of hydrogen-bond donors (Lipinski definition) is 3. The average molecular weight is 399 g/mol. The summed E-state index contributed by atoms with van der Waals surface area (Å²) >= 11 is 0. The van der Waals surface area contributed by atoms with E-state index in [0.717, 1.165) is 37.2 Å². The molecule has 0 spiro atoms. The lowest BCUT2D eigenvalue weighted by molar-refractivity contribution is -0.118. The number of rotatable bonds is 7. The maximum Gasteiger partial charge on any atom is 0.246 e. The van der Waals surface area contributed by atoms with E-state index < -0.39 is 6.04 Å². The van der Waals surface area contributed by atoms with E-state index in [9.17, 15) is 9.59 Å². The maximum absolute atomic E-state index is 12.6. The molecule has 0 aliphatic carbocycles. The third-order valence-corrected chi connectivity index (χ3v) is 5.11. The zero-order valence-electron chi connectivity index (χ0n) is 17.1. The summed E-state index contributed by atoms with van der Waals surface area (Å²) in [5.74, 6) is -0.172. The number of hydrogen-bond acceptors (Lipinski definition) is 5. The number of carbonyl (C=O) groups is 2. The van der Waals surface area contributed by atoms with Crippen LogP contribution in [-0.4, -0.2) is 53.2 Å². The van der Waals surface area contributed by atoms with Crippen LogP contribution < -0.4 is 16.0 Å². The molecule has 1 atom stereocenters. The molecule has 156 valence electrons. The van der Waals surface area contributed by atoms with Gasteiger partial charge in [-0.25, -0.2) is 0 Å². The number of nitrogens with zero attached hydrogens (tertiary/aromatic N) is 3. The molecule has 1 aliphatic heterocycles. The van der Waals surface area contributed by atoms with Crippen LogP contribution in [0.15, 0.2) is 36.7 Å². The Balaban J connectivity index is 1.52. The molecule has 8 nitrogen and oxygen atoms in total. The second-order valence-electron chi connectivity index (χ2n) is 7.47. The van der Waals surface area contributed by atoms with Crippen LogP contribution in [0.3, 0.4) is 0 Å². The summed E-state index contributed by atoms with van der Waals surface area (Å²) < 4.78 is 1.66. The van der Waals surface area contributed by atoms with Gasteiger partial charge in [0.05, 0.1) is 12.7 Å². The van der Waals surface area contributed by atoms with Crippen molar-refractivity contribution in [3.63, 3.8) is 0 Å². The van der Waals surface area contributed by atoms with Crippen molar-refractivity contribution in [3.8, 4) is 0 Å². The van der Waals surface area contributed by atoms with Crippen molar-refractivity contribution in [1.82, 2.24) is 20.0 Å². The summed E-state index contributed by atoms with van der Waals surface area (Å²) in [5, 5.41) is 12.9. The number of anilines is 2. The van der Waals surface area contributed by atoms with Gasteiger partial charge in [0.1, 0.15) is 6.04 Å². The number of amides is 2. The van der Waals surface area contributed by atoms with Gasteiger partial charge < -0.3 is 16.0 Å². The van der Waals surface area contributed by atoms with Crippen molar-refractivity contribution < 1.29 is 9.59 Å². The number of aryl methyl sites for hydroxylation is 1. The average Bonchev–Trinajstić information content (AvgIpc) is 2.96. The van der Waals surface area contributed by atoms with Crippen LogP contribution in [-0.2, 0) is 16.6 Å². The SMILES string of the molecule is CNC(C(=O)Nc1ccc(NC(=O)CN2CCCCCC2)cc1)c1cnn(C)c1. The minimum Gasteiger partial charge on any atom is -0.325 e. The molecule has 0 radical (unpaired) electrons. The number of benzene rings is 1. The van der Waals surface area contributed by atoms with Gasteiger partial charge in [-0.2, -0.15) is 5.10 Å². The summed E-state index contributed by atoms with van der Waals surface area (Å²) in [7, 11) is 3.55. The Morgan fingerprint density at radius 3 is 2.21 bits per heavy atom. The molecule has 3 rings (SSSR count). The summed E-state index contributed by atoms with van der Waals surface area (Å²) in [4.78, 5) is 27.1. The number of aromatic nitrogens is 2. The highest BCUT2D eigenvalue weighted by atomic mass is 16.2. The standard InChI is InChI=1S/C21H30N6O2/c1-22-20(16-13-23-26(2)14-16)21(29)25-18-9-7-17(8-10-18)24-19(28)15-27-11-5-3-4-6-12-27/h7-10,13-14,20,22H,3-6,11-12,15H2,1-2H3,(H,24,28)(H,25,29). The summed E-state index contributed by atoms with van der Waals surface area (Å²) in [6, 6.07) is 6.69. The van der Waals surface area contributed by atoms with Crippen LogP contribution in [0, 0.1) is 0 Å². The van der Waals surface area contributed by atoms with Gasteiger partial charge in [-0.15, -0.1) is 0 Å². The monoisotopic (exact) mass is 398 g/mol. The lowest BCUT2D eigenvalue weighted by atomic mass is 10.1. The Labute approximate surface area is 171 Å². The Kier molecular flexibility index (Phi) is 7.37. The molecule has 0 bridgehead atoms. The molecule has 0 saturated carbocycles. The van der Waals surface area contributed by atoms with Gasteiger partial charge in [-0.3, -0.25) is 19.2 Å². The van der Waals surface area contributed by atoms with Gasteiger partial charge in [0.15, 0.2) is 0 Å². The summed E-state index contributed by atoms with van der Waals surface area (Å²) in [6.07, 6.45) is 8.30. The first-order valence-electron chi connectivity index (χ1n) is 10.1. The fourth-order valence-corrected chi connectivity index (χ4v) is 3.59. The van der Waals surface area contributed by atoms with Gasteiger partial charge in [0.2, 0.25) is 11.8 Å². The maximum atomic E-state index is 12.6. The quantitative estimate of drug-likeness (QED) is 0.665. The van der Waals surface area contributed by atoms with Crippen molar-refractivity contribution >= 4 is 23.2 Å². The molecule has 29 heavy (non-hydrogen) atoms. The third kappa shape index (κ3) is 6.13. The van der Waals surface area contributed by atoms with Crippen molar-refractivity contribution in [1.29, 1.82) is 0 Å². The van der Waals surface area contributed by atoms with Crippen LogP contribution in [0.25, 0.3) is 0 Å². The van der Waals surface area contributed by atoms with Crippen molar-refractivity contribution in [3.05, 3.63) is 42.2 Å². The fourth-order valence-electron chi connectivity index (χ4n) is 3.59. The molecule has 2 amide bonds. The van der Waals surface area contributed by atoms with Gasteiger partial charge in [0.25, 0.3) is 0 Å². The molecule has 1 saturated heterocycles. The largest absolute Gasteiger partial charge is 0.325 e. The van der Waals surface area contributed by atoms with Gasteiger partial charge >= 0.3 is 0 Å². The number of likely N-dealkylation sites (tertiary alicyclic amines) is 1. The normalized spacial score (nSPS) is 16.1. The number of nitrogens with one attached hydrogen (secondary N) is 3. The minimum absolute atomic E-state index is 0.00416. The molecule has 2 heterocycles. The highest BCUT2D eigenvalue weighted by Crippen LogP contribution is 2.18. The van der Waals surface area contributed by atoms with E-state index in [0.29, 0.717) is 12.2 Å². The van der Waals surface area contributed by atoms with Crippen LogP contribution in [0.4, 0.5) is 11.4 Å². The number of likely N-dealkylation sites (N-methyl/N-ethyl adjacent to an activating group) is 1. The smallest absolute Gasteiger partial charge is 0.246 e. The van der Waals surface area contributed by atoms with Crippen LogP contribution in [0.1, 0.15) is 37.3 Å². The molecule has 1 fully saturated rings. The van der Waals surface area contributed by atoms with E-state index in [1.807, 2.05) is 13.2 Å². The lowest BCUT2D eigenvalue weighted by Gasteiger charge is -2.19. The zero-order valence-corrected chi connectivity index (χ0v) is 17.1. The molecule has 3 N–H and O–H groups in total. The molecular weight excluding hydrogens is 368 g/mol. The van der Waals surface area contributed by atoms with E-state index in [2.05, 4.69) is 25.9 Å². The molecular formula is C21H30N6O2. The van der Waals surface area contributed by atoms with E-state index in [4.69, 9.17) is 0 Å². The molecule has 1 aromatic carbocycles. The highest BCUT2D eigenvalue weighted by Gasteiger charge is 2.20. The highest BCUT2D eigenvalue weighted by molar-refractivity contribution is 5.96. The predicted molar refractivity (Wildman–Crippen MR) is 114 cm³/mol. The molecule has 1 aromatic heterocycles. The summed E-state index contributed by atoms with van der Waals surface area (Å²) in [5.41, 5.74) is 2.19. The topological polar surface area (TPSA) is 91.3 Å². The van der Waals surface area contributed by atoms with Gasteiger partial charge in [-0.05, 0) is 57.2 Å². The van der Waals surface area contributed by atoms with Crippen LogP contribution in [0.5, 0.6) is 0 Å². The molecule has 2 aromatic rings. The van der Waals surface area contributed by atoms with Crippen molar-refractivity contribution in [2.24, 2.45) is 7.05 Å². The first-order chi connectivity index (χ1) is 14.0. The van der Waals surface area contributed by atoms with E-state index in [1.54, 1.807) is 42.2 Å². The first-order valence-corrected chi connectivity index (χ1v) is 10.1. The van der Waals surface area contributed by atoms with Crippen molar-refractivity contribution in [2.45, 2.75) is 31.7 Å². The molecule has 8 heteroatoms. The van der Waals surface area contributed by atoms with Gasteiger partial charge in [-0.1, -0.05) is 12.8 Å². The summed E-state index contributed by atoms with van der Waals surface area (Å²) in [6.45, 7) is 2.40. The second-order valence-corrected chi connectivity index (χ2v) is 7.47. The Morgan fingerprint density at radius 1 is 1.03 bits per heavy atom. The Bertz CT molecular complexity index is 809. The fraction of sp³-hybridized carbons (Fsp3) is 0.476. The van der Waals surface area contributed by atoms with Crippen molar-refractivity contribution in [2.75, 3.05) is 37.3 Å². The van der Waals surface area contributed by atoms with E-state index in [1.165, 1.54) is 12.8 Å². The van der Waals surface area contributed by atoms with E-state index >= 15 is 0 Å².